The van der Waals surface area contributed by atoms with E-state index in [2.05, 4.69) is 5.32 Å². The van der Waals surface area contributed by atoms with Crippen molar-refractivity contribution in [2.24, 2.45) is 5.73 Å². The van der Waals surface area contributed by atoms with E-state index in [0.717, 1.165) is 11.3 Å². The summed E-state index contributed by atoms with van der Waals surface area (Å²) in [6.45, 7) is 2.67. The van der Waals surface area contributed by atoms with Crippen molar-refractivity contribution < 1.29 is 19.1 Å². The van der Waals surface area contributed by atoms with Crippen molar-refractivity contribution in [3.63, 3.8) is 0 Å². The number of amides is 3. The number of nitrogens with two attached hydrogens (primary N) is 1. The number of nitrogens with one attached hydrogen (secondary N) is 1. The van der Waals surface area contributed by atoms with Gasteiger partial charge < -0.3 is 20.7 Å². The highest BCUT2D eigenvalue weighted by Crippen LogP contribution is 2.29. The minimum Gasteiger partial charge on any atom is -0.480 e. The van der Waals surface area contributed by atoms with Crippen LogP contribution < -0.4 is 15.8 Å². The van der Waals surface area contributed by atoms with Gasteiger partial charge in [-0.1, -0.05) is 18.2 Å². The Balaban J connectivity index is 1.51. The molecule has 0 radical (unpaired) electrons. The number of rotatable bonds is 7. The number of ether oxygens (including phenoxy) is 1. The third kappa shape index (κ3) is 4.49. The summed E-state index contributed by atoms with van der Waals surface area (Å²) in [4.78, 5) is 37.7. The molecule has 0 aromatic heterocycles. The number of benzene rings is 2. The Kier molecular flexibility index (Phi) is 5.93. The number of likely N-dealkylation sites (N-methyl/N-ethyl adjacent to an activating group) is 1. The predicted molar refractivity (Wildman–Crippen MR) is 105 cm³/mol. The summed E-state index contributed by atoms with van der Waals surface area (Å²) in [7, 11) is 0. The highest BCUT2D eigenvalue weighted by molar-refractivity contribution is 5.95. The highest BCUT2D eigenvalue weighted by atomic mass is 16.5. The van der Waals surface area contributed by atoms with Crippen molar-refractivity contribution in [3.05, 3.63) is 59.7 Å². The highest BCUT2D eigenvalue weighted by Gasteiger charge is 2.31. The van der Waals surface area contributed by atoms with E-state index in [-0.39, 0.29) is 18.2 Å². The van der Waals surface area contributed by atoms with Crippen LogP contribution in [0.2, 0.25) is 0 Å². The molecule has 3 rings (SSSR count). The standard InChI is InChI=1S/C21H23N3O4/c1-2-24(21(27)18-13-15-5-3-4-6-17(15)28-18)12-11-19(25)23-16-9-7-14(8-10-16)20(22)26/h3-10,18H,2,11-13H2,1H3,(H2,22,26)(H,23,25)/t18-/m0/s1. The van der Waals surface area contributed by atoms with Crippen LogP contribution in [0, 0.1) is 0 Å². The second-order valence-corrected chi connectivity index (χ2v) is 6.58. The van der Waals surface area contributed by atoms with Gasteiger partial charge in [0.1, 0.15) is 5.75 Å². The van der Waals surface area contributed by atoms with Gasteiger partial charge in [-0.15, -0.1) is 0 Å². The molecule has 3 amide bonds. The summed E-state index contributed by atoms with van der Waals surface area (Å²) in [5.41, 5.74) is 7.16. The molecule has 3 N–H and O–H groups in total. The summed E-state index contributed by atoms with van der Waals surface area (Å²) >= 11 is 0. The Bertz CT molecular complexity index is 854. The minimum absolute atomic E-state index is 0.114. The second-order valence-electron chi connectivity index (χ2n) is 6.58. The van der Waals surface area contributed by atoms with Crippen LogP contribution in [0.1, 0.15) is 29.3 Å². The monoisotopic (exact) mass is 381 g/mol. The molecular formula is C21H23N3O4. The van der Waals surface area contributed by atoms with E-state index in [1.54, 1.807) is 29.2 Å². The zero-order valence-corrected chi connectivity index (χ0v) is 15.7. The SMILES string of the molecule is CCN(CCC(=O)Nc1ccc(C(N)=O)cc1)C(=O)[C@@H]1Cc2ccccc2O1. The molecule has 0 fully saturated rings. The Morgan fingerprint density at radius 3 is 2.50 bits per heavy atom. The van der Waals surface area contributed by atoms with Crippen LogP contribution >= 0.6 is 0 Å². The molecule has 146 valence electrons. The summed E-state index contributed by atoms with van der Waals surface area (Å²) in [6, 6.07) is 13.9. The van der Waals surface area contributed by atoms with Gasteiger partial charge in [0.05, 0.1) is 0 Å². The van der Waals surface area contributed by atoms with Crippen molar-refractivity contribution in [2.45, 2.75) is 25.9 Å². The van der Waals surface area contributed by atoms with Gasteiger partial charge in [-0.05, 0) is 42.8 Å². The van der Waals surface area contributed by atoms with E-state index < -0.39 is 12.0 Å². The minimum atomic E-state index is -0.540. The molecule has 1 heterocycles. The molecule has 0 aliphatic carbocycles. The first-order valence-corrected chi connectivity index (χ1v) is 9.21. The van der Waals surface area contributed by atoms with Crippen LogP contribution in [0.25, 0.3) is 0 Å². The van der Waals surface area contributed by atoms with Gasteiger partial charge in [0.2, 0.25) is 11.8 Å². The number of carbonyl (C=O) groups is 3. The quantitative estimate of drug-likeness (QED) is 0.765. The first-order valence-electron chi connectivity index (χ1n) is 9.21. The van der Waals surface area contributed by atoms with Gasteiger partial charge in [0, 0.05) is 37.2 Å². The Hall–Kier alpha value is -3.35. The molecule has 2 aromatic carbocycles. The largest absolute Gasteiger partial charge is 0.480 e. The second kappa shape index (κ2) is 8.56. The molecule has 0 unspecified atom stereocenters. The lowest BCUT2D eigenvalue weighted by Gasteiger charge is -2.23. The fraction of sp³-hybridized carbons (Fsp3) is 0.286. The molecule has 1 aliphatic heterocycles. The van der Waals surface area contributed by atoms with Crippen molar-refractivity contribution in [1.82, 2.24) is 4.90 Å². The average molecular weight is 381 g/mol. The number of hydrogen-bond acceptors (Lipinski definition) is 4. The molecular weight excluding hydrogens is 358 g/mol. The van der Waals surface area contributed by atoms with Gasteiger partial charge in [-0.2, -0.15) is 0 Å². The average Bonchev–Trinajstić information content (AvgIpc) is 3.13. The number of fused-ring (bicyclic) bond motifs is 1. The Morgan fingerprint density at radius 1 is 1.14 bits per heavy atom. The summed E-state index contributed by atoms with van der Waals surface area (Å²) < 4.78 is 5.75. The van der Waals surface area contributed by atoms with Crippen molar-refractivity contribution in [2.75, 3.05) is 18.4 Å². The van der Waals surface area contributed by atoms with Crippen LogP contribution in [-0.4, -0.2) is 41.8 Å². The lowest BCUT2D eigenvalue weighted by Crippen LogP contribution is -2.42. The fourth-order valence-corrected chi connectivity index (χ4v) is 3.13. The maximum atomic E-state index is 12.7. The number of nitrogens with zero attached hydrogens (tertiary/aromatic N) is 1. The van der Waals surface area contributed by atoms with Crippen molar-refractivity contribution in [1.29, 1.82) is 0 Å². The molecule has 1 atom stereocenters. The van der Waals surface area contributed by atoms with Gasteiger partial charge in [0.25, 0.3) is 5.91 Å². The van der Waals surface area contributed by atoms with E-state index in [1.165, 1.54) is 0 Å². The topological polar surface area (TPSA) is 102 Å². The van der Waals surface area contributed by atoms with E-state index in [1.807, 2.05) is 31.2 Å². The summed E-state index contributed by atoms with van der Waals surface area (Å²) in [6.07, 6.45) is 0.169. The molecule has 28 heavy (non-hydrogen) atoms. The van der Waals surface area contributed by atoms with Crippen molar-refractivity contribution >= 4 is 23.4 Å². The zero-order valence-electron chi connectivity index (χ0n) is 15.7. The lowest BCUT2D eigenvalue weighted by molar-refractivity contribution is -0.138. The number of anilines is 1. The first-order chi connectivity index (χ1) is 13.5. The van der Waals surface area contributed by atoms with Gasteiger partial charge in [-0.3, -0.25) is 14.4 Å². The molecule has 0 saturated carbocycles. The maximum absolute atomic E-state index is 12.7. The van der Waals surface area contributed by atoms with Gasteiger partial charge in [0.15, 0.2) is 6.10 Å². The number of hydrogen-bond donors (Lipinski definition) is 2. The van der Waals surface area contributed by atoms with Crippen LogP contribution in [0.3, 0.4) is 0 Å². The van der Waals surface area contributed by atoms with E-state index >= 15 is 0 Å². The normalized spacial score (nSPS) is 14.7. The summed E-state index contributed by atoms with van der Waals surface area (Å²) in [5.74, 6) is -0.105. The predicted octanol–water partition coefficient (Wildman–Crippen LogP) is 1.97. The zero-order chi connectivity index (χ0) is 20.1. The van der Waals surface area contributed by atoms with E-state index in [4.69, 9.17) is 10.5 Å². The van der Waals surface area contributed by atoms with Crippen LogP contribution in [0.5, 0.6) is 5.75 Å². The number of para-hydroxylation sites is 1. The third-order valence-electron chi connectivity index (χ3n) is 4.68. The Morgan fingerprint density at radius 2 is 1.86 bits per heavy atom. The Labute approximate surface area is 163 Å². The smallest absolute Gasteiger partial charge is 0.263 e. The molecule has 1 aliphatic rings. The van der Waals surface area contributed by atoms with E-state index in [9.17, 15) is 14.4 Å². The lowest BCUT2D eigenvalue weighted by atomic mass is 10.1. The molecule has 0 saturated heterocycles. The molecule has 0 spiro atoms. The molecule has 7 nitrogen and oxygen atoms in total. The number of carbonyl (C=O) groups excluding carboxylic acids is 3. The van der Waals surface area contributed by atoms with Gasteiger partial charge >= 0.3 is 0 Å². The van der Waals surface area contributed by atoms with Crippen LogP contribution in [0.4, 0.5) is 5.69 Å². The van der Waals surface area contributed by atoms with Crippen molar-refractivity contribution in [3.8, 4) is 5.75 Å². The van der Waals surface area contributed by atoms with Crippen LogP contribution in [0.15, 0.2) is 48.5 Å². The summed E-state index contributed by atoms with van der Waals surface area (Å²) in [5, 5.41) is 2.75. The third-order valence-corrected chi connectivity index (χ3v) is 4.68. The fourth-order valence-electron chi connectivity index (χ4n) is 3.13. The van der Waals surface area contributed by atoms with Gasteiger partial charge in [-0.25, -0.2) is 0 Å². The maximum Gasteiger partial charge on any atom is 0.263 e. The molecule has 2 aromatic rings. The molecule has 0 bridgehead atoms. The molecule has 7 heteroatoms. The van der Waals surface area contributed by atoms with E-state index in [0.29, 0.717) is 30.8 Å². The first kappa shape index (κ1) is 19.4. The van der Waals surface area contributed by atoms with Crippen LogP contribution in [-0.2, 0) is 16.0 Å². The number of primary amides is 1.